The normalized spacial score (nSPS) is 11.5. The lowest BCUT2D eigenvalue weighted by molar-refractivity contribution is 0.0436. The number of benzene rings is 1. The number of rotatable bonds is 5. The van der Waals surface area contributed by atoms with E-state index in [-0.39, 0.29) is 24.5 Å². The Hall–Kier alpha value is -2.96. The molecule has 0 amide bonds. The molecule has 3 aromatic rings. The average Bonchev–Trinajstić information content (AvgIpc) is 3.04. The first-order valence-corrected chi connectivity index (χ1v) is 8.43. The van der Waals surface area contributed by atoms with Gasteiger partial charge in [0.05, 0.1) is 0 Å². The van der Waals surface area contributed by atoms with E-state index >= 15 is 0 Å². The summed E-state index contributed by atoms with van der Waals surface area (Å²) < 4.78 is 12.3. The Morgan fingerprint density at radius 3 is 2.50 bits per heavy atom. The third-order valence-electron chi connectivity index (χ3n) is 3.92. The predicted molar refractivity (Wildman–Crippen MR) is 96.4 cm³/mol. The summed E-state index contributed by atoms with van der Waals surface area (Å²) in [5.74, 6) is 0.495. The number of nitrogens with zero attached hydrogens (tertiary/aromatic N) is 4. The van der Waals surface area contributed by atoms with Crippen molar-refractivity contribution in [2.24, 2.45) is 0 Å². The lowest BCUT2D eigenvalue weighted by Gasteiger charge is -2.19. The topological polar surface area (TPSA) is 78.6 Å². The minimum Gasteiger partial charge on any atom is -0.490 e. The van der Waals surface area contributed by atoms with E-state index in [1.807, 2.05) is 31.2 Å². The van der Waals surface area contributed by atoms with E-state index in [0.29, 0.717) is 5.78 Å². The van der Waals surface area contributed by atoms with Crippen LogP contribution in [0, 0.1) is 6.92 Å². The van der Waals surface area contributed by atoms with E-state index in [0.717, 1.165) is 11.4 Å². The highest BCUT2D eigenvalue weighted by atomic mass is 16.6. The lowest BCUT2D eigenvalue weighted by atomic mass is 9.87. The molecule has 0 saturated heterocycles. The Bertz CT molecular complexity index is 911. The molecule has 0 saturated carbocycles. The van der Waals surface area contributed by atoms with Crippen molar-refractivity contribution < 1.29 is 14.3 Å². The maximum absolute atomic E-state index is 12.0. The van der Waals surface area contributed by atoms with Gasteiger partial charge in [-0.25, -0.2) is 14.3 Å². The van der Waals surface area contributed by atoms with Crippen molar-refractivity contribution >= 4 is 11.7 Å². The van der Waals surface area contributed by atoms with Gasteiger partial charge in [0, 0.05) is 11.9 Å². The summed E-state index contributed by atoms with van der Waals surface area (Å²) in [6.45, 7) is 8.70. The molecule has 0 spiro atoms. The zero-order valence-electron chi connectivity index (χ0n) is 15.4. The highest BCUT2D eigenvalue weighted by Gasteiger charge is 2.16. The predicted octanol–water partition coefficient (Wildman–Crippen LogP) is 2.97. The number of carbonyl (C=O) groups excluding carboxylic acids is 1. The van der Waals surface area contributed by atoms with Crippen molar-refractivity contribution in [3.8, 4) is 5.75 Å². The molecule has 7 heteroatoms. The van der Waals surface area contributed by atoms with Crippen LogP contribution in [0.4, 0.5) is 0 Å². The fraction of sp³-hybridized carbons (Fsp3) is 0.368. The molecule has 0 aliphatic heterocycles. The van der Waals surface area contributed by atoms with E-state index in [4.69, 9.17) is 9.47 Å². The third kappa shape index (κ3) is 3.99. The smallest absolute Gasteiger partial charge is 0.378 e. The molecule has 0 N–H and O–H groups in total. The van der Waals surface area contributed by atoms with E-state index in [9.17, 15) is 4.79 Å². The zero-order valence-corrected chi connectivity index (χ0v) is 15.4. The van der Waals surface area contributed by atoms with Crippen molar-refractivity contribution in [1.29, 1.82) is 0 Å². The SMILES string of the molecule is Cc1ccnc2nc(C(=O)OCCOc3ccc(C(C)(C)C)cc3)nn12. The van der Waals surface area contributed by atoms with Gasteiger partial charge in [0.1, 0.15) is 19.0 Å². The van der Waals surface area contributed by atoms with Crippen LogP contribution in [0.1, 0.15) is 42.6 Å². The Morgan fingerprint density at radius 1 is 1.12 bits per heavy atom. The molecule has 0 atom stereocenters. The van der Waals surface area contributed by atoms with Crippen LogP contribution >= 0.6 is 0 Å². The van der Waals surface area contributed by atoms with Crippen molar-refractivity contribution in [3.63, 3.8) is 0 Å². The van der Waals surface area contributed by atoms with Crippen LogP contribution in [-0.2, 0) is 10.2 Å². The quantitative estimate of drug-likeness (QED) is 0.518. The summed E-state index contributed by atoms with van der Waals surface area (Å²) in [6, 6.07) is 9.70. The van der Waals surface area contributed by atoms with Gasteiger partial charge >= 0.3 is 5.97 Å². The molecule has 0 radical (unpaired) electrons. The molecular formula is C19H22N4O3. The third-order valence-corrected chi connectivity index (χ3v) is 3.92. The van der Waals surface area contributed by atoms with Crippen LogP contribution in [0.3, 0.4) is 0 Å². The molecule has 0 bridgehead atoms. The van der Waals surface area contributed by atoms with Crippen LogP contribution in [0.25, 0.3) is 5.78 Å². The second-order valence-corrected chi connectivity index (χ2v) is 6.99. The fourth-order valence-electron chi connectivity index (χ4n) is 2.40. The zero-order chi connectivity index (χ0) is 18.7. The molecule has 2 heterocycles. The lowest BCUT2D eigenvalue weighted by Crippen LogP contribution is -2.14. The summed E-state index contributed by atoms with van der Waals surface area (Å²) >= 11 is 0. The van der Waals surface area contributed by atoms with E-state index < -0.39 is 5.97 Å². The Morgan fingerprint density at radius 2 is 1.85 bits per heavy atom. The van der Waals surface area contributed by atoms with E-state index in [1.165, 1.54) is 10.1 Å². The number of carbonyl (C=O) groups is 1. The monoisotopic (exact) mass is 354 g/mol. The van der Waals surface area contributed by atoms with Gasteiger partial charge < -0.3 is 9.47 Å². The minimum absolute atomic E-state index is 0.0127. The summed E-state index contributed by atoms with van der Waals surface area (Å²) in [7, 11) is 0. The van der Waals surface area contributed by atoms with Crippen molar-refractivity contribution in [1.82, 2.24) is 19.6 Å². The fourth-order valence-corrected chi connectivity index (χ4v) is 2.40. The van der Waals surface area contributed by atoms with Crippen LogP contribution in [-0.4, -0.2) is 38.8 Å². The molecular weight excluding hydrogens is 332 g/mol. The Balaban J connectivity index is 1.51. The highest BCUT2D eigenvalue weighted by Crippen LogP contribution is 2.24. The van der Waals surface area contributed by atoms with Gasteiger partial charge in [-0.3, -0.25) is 0 Å². The van der Waals surface area contributed by atoms with Crippen LogP contribution < -0.4 is 4.74 Å². The standard InChI is InChI=1S/C19H22N4O3/c1-13-9-10-20-18-21-16(22-23(13)18)17(24)26-12-11-25-15-7-5-14(6-8-15)19(2,3)4/h5-10H,11-12H2,1-4H3. The number of aromatic nitrogens is 4. The number of fused-ring (bicyclic) bond motifs is 1. The first kappa shape index (κ1) is 17.8. The molecule has 3 rings (SSSR count). The van der Waals surface area contributed by atoms with Gasteiger partial charge in [0.2, 0.25) is 0 Å². The number of hydrogen-bond donors (Lipinski definition) is 0. The second kappa shape index (κ2) is 7.11. The molecule has 7 nitrogen and oxygen atoms in total. The highest BCUT2D eigenvalue weighted by molar-refractivity contribution is 5.85. The van der Waals surface area contributed by atoms with Gasteiger partial charge in [0.25, 0.3) is 11.6 Å². The molecule has 0 unspecified atom stereocenters. The largest absolute Gasteiger partial charge is 0.490 e. The van der Waals surface area contributed by atoms with Crippen LogP contribution in [0.15, 0.2) is 36.5 Å². The molecule has 1 aromatic carbocycles. The van der Waals surface area contributed by atoms with Gasteiger partial charge in [-0.05, 0) is 36.1 Å². The Kier molecular flexibility index (Phi) is 4.88. The number of ether oxygens (including phenoxy) is 2. The van der Waals surface area contributed by atoms with Crippen LogP contribution in [0.2, 0.25) is 0 Å². The summed E-state index contributed by atoms with van der Waals surface area (Å²) in [5.41, 5.74) is 2.17. The van der Waals surface area contributed by atoms with Gasteiger partial charge in [-0.2, -0.15) is 4.98 Å². The van der Waals surface area contributed by atoms with Crippen molar-refractivity contribution in [3.05, 3.63) is 53.6 Å². The molecule has 0 aliphatic rings. The minimum atomic E-state index is -0.596. The first-order valence-electron chi connectivity index (χ1n) is 8.43. The average molecular weight is 354 g/mol. The number of hydrogen-bond acceptors (Lipinski definition) is 6. The summed E-state index contributed by atoms with van der Waals surface area (Å²) in [5, 5.41) is 4.11. The number of aryl methyl sites for hydroxylation is 1. The number of esters is 1. The molecule has 2 aromatic heterocycles. The van der Waals surface area contributed by atoms with Gasteiger partial charge in [0.15, 0.2) is 0 Å². The maximum Gasteiger partial charge on any atom is 0.378 e. The molecule has 136 valence electrons. The van der Waals surface area contributed by atoms with Gasteiger partial charge in [-0.15, -0.1) is 5.10 Å². The van der Waals surface area contributed by atoms with Crippen molar-refractivity contribution in [2.75, 3.05) is 13.2 Å². The maximum atomic E-state index is 12.0. The van der Waals surface area contributed by atoms with Crippen molar-refractivity contribution in [2.45, 2.75) is 33.1 Å². The summed E-state index contributed by atoms with van der Waals surface area (Å²) in [6.07, 6.45) is 1.62. The van der Waals surface area contributed by atoms with E-state index in [1.54, 1.807) is 12.3 Å². The molecule has 0 fully saturated rings. The van der Waals surface area contributed by atoms with E-state index in [2.05, 4.69) is 35.8 Å². The Labute approximate surface area is 152 Å². The molecule has 0 aliphatic carbocycles. The second-order valence-electron chi connectivity index (χ2n) is 6.99. The van der Waals surface area contributed by atoms with Gasteiger partial charge in [-0.1, -0.05) is 32.9 Å². The summed E-state index contributed by atoms with van der Waals surface area (Å²) in [4.78, 5) is 20.2. The molecule has 26 heavy (non-hydrogen) atoms. The van der Waals surface area contributed by atoms with Crippen LogP contribution in [0.5, 0.6) is 5.75 Å². The first-order chi connectivity index (χ1) is 12.3.